The van der Waals surface area contributed by atoms with Gasteiger partial charge in [0.05, 0.1) is 18.7 Å². The normalized spacial score (nSPS) is 10.5. The number of carboxylic acid groups (broad SMARTS) is 1. The van der Waals surface area contributed by atoms with E-state index in [1.165, 1.54) is 10.9 Å². The molecule has 0 aromatic carbocycles. The maximum atomic E-state index is 12.0. The van der Waals surface area contributed by atoms with E-state index in [1.54, 1.807) is 26.1 Å². The molecule has 0 unspecified atom stereocenters. The standard InChI is InChI=1S/C13H14N4O3/c1-8-11(5-12(18)19)9(2)17(13(20)16-8)6-10-3-4-14-7-15-10/h3-4,7H,5-6H2,1-2H3,(H,18,19). The van der Waals surface area contributed by atoms with E-state index in [0.29, 0.717) is 22.6 Å². The molecule has 2 aromatic rings. The largest absolute Gasteiger partial charge is 0.481 e. The van der Waals surface area contributed by atoms with Crippen LogP contribution in [0, 0.1) is 13.8 Å². The van der Waals surface area contributed by atoms with Crippen molar-refractivity contribution in [2.24, 2.45) is 0 Å². The molecular weight excluding hydrogens is 260 g/mol. The van der Waals surface area contributed by atoms with Crippen LogP contribution in [0.4, 0.5) is 0 Å². The van der Waals surface area contributed by atoms with Gasteiger partial charge in [-0.15, -0.1) is 0 Å². The van der Waals surface area contributed by atoms with Crippen LogP contribution in [0.1, 0.15) is 22.6 Å². The molecule has 0 saturated carbocycles. The number of aryl methyl sites for hydroxylation is 1. The van der Waals surface area contributed by atoms with Crippen LogP contribution >= 0.6 is 0 Å². The first-order valence-corrected chi connectivity index (χ1v) is 6.02. The van der Waals surface area contributed by atoms with Crippen LogP contribution in [-0.4, -0.2) is 30.6 Å². The first-order valence-electron chi connectivity index (χ1n) is 6.02. The van der Waals surface area contributed by atoms with E-state index in [9.17, 15) is 9.59 Å². The molecule has 0 bridgehead atoms. The van der Waals surface area contributed by atoms with Crippen LogP contribution in [0.2, 0.25) is 0 Å². The lowest BCUT2D eigenvalue weighted by atomic mass is 10.1. The summed E-state index contributed by atoms with van der Waals surface area (Å²) in [6, 6.07) is 1.70. The summed E-state index contributed by atoms with van der Waals surface area (Å²) in [5.74, 6) is -0.953. The minimum Gasteiger partial charge on any atom is -0.481 e. The molecule has 2 aromatic heterocycles. The van der Waals surface area contributed by atoms with Crippen molar-refractivity contribution < 1.29 is 9.90 Å². The van der Waals surface area contributed by atoms with Gasteiger partial charge in [-0.1, -0.05) is 0 Å². The zero-order chi connectivity index (χ0) is 14.7. The highest BCUT2D eigenvalue weighted by Crippen LogP contribution is 2.11. The van der Waals surface area contributed by atoms with Gasteiger partial charge in [-0.2, -0.15) is 4.98 Å². The van der Waals surface area contributed by atoms with Gasteiger partial charge in [0, 0.05) is 23.1 Å². The van der Waals surface area contributed by atoms with Gasteiger partial charge in [0.25, 0.3) is 0 Å². The van der Waals surface area contributed by atoms with E-state index in [2.05, 4.69) is 15.0 Å². The zero-order valence-electron chi connectivity index (χ0n) is 11.2. The number of rotatable bonds is 4. The van der Waals surface area contributed by atoms with Gasteiger partial charge in [0.2, 0.25) is 0 Å². The SMILES string of the molecule is Cc1nc(=O)n(Cc2ccncn2)c(C)c1CC(=O)O. The van der Waals surface area contributed by atoms with Crippen molar-refractivity contribution >= 4 is 5.97 Å². The van der Waals surface area contributed by atoms with Crippen LogP contribution in [0.5, 0.6) is 0 Å². The first-order chi connectivity index (χ1) is 9.49. The molecule has 0 aliphatic rings. The lowest BCUT2D eigenvalue weighted by Crippen LogP contribution is -2.29. The quantitative estimate of drug-likeness (QED) is 0.862. The summed E-state index contributed by atoms with van der Waals surface area (Å²) in [6.45, 7) is 3.60. The Hall–Kier alpha value is -2.57. The third-order valence-electron chi connectivity index (χ3n) is 3.06. The Kier molecular flexibility index (Phi) is 3.88. The molecule has 0 saturated heterocycles. The molecule has 0 fully saturated rings. The van der Waals surface area contributed by atoms with E-state index in [4.69, 9.17) is 5.11 Å². The highest BCUT2D eigenvalue weighted by Gasteiger charge is 2.14. The maximum Gasteiger partial charge on any atom is 0.348 e. The predicted octanol–water partition coefficient (Wildman–Crippen LogP) is 0.326. The lowest BCUT2D eigenvalue weighted by molar-refractivity contribution is -0.136. The lowest BCUT2D eigenvalue weighted by Gasteiger charge is -2.14. The summed E-state index contributed by atoms with van der Waals surface area (Å²) in [7, 11) is 0. The summed E-state index contributed by atoms with van der Waals surface area (Å²) in [6.07, 6.45) is 2.83. The Morgan fingerprint density at radius 3 is 2.75 bits per heavy atom. The van der Waals surface area contributed by atoms with E-state index >= 15 is 0 Å². The van der Waals surface area contributed by atoms with Crippen LogP contribution in [0.15, 0.2) is 23.4 Å². The van der Waals surface area contributed by atoms with Crippen molar-refractivity contribution in [2.75, 3.05) is 0 Å². The molecule has 0 atom stereocenters. The Bertz CT molecular complexity index is 695. The van der Waals surface area contributed by atoms with Gasteiger partial charge in [0.15, 0.2) is 0 Å². The summed E-state index contributed by atoms with van der Waals surface area (Å²) in [5, 5.41) is 8.93. The molecule has 2 heterocycles. The fourth-order valence-electron chi connectivity index (χ4n) is 2.01. The molecule has 0 spiro atoms. The van der Waals surface area contributed by atoms with Crippen molar-refractivity contribution in [1.82, 2.24) is 19.5 Å². The van der Waals surface area contributed by atoms with Crippen LogP contribution in [0.25, 0.3) is 0 Å². The highest BCUT2D eigenvalue weighted by atomic mass is 16.4. The monoisotopic (exact) mass is 274 g/mol. The molecule has 0 radical (unpaired) electrons. The van der Waals surface area contributed by atoms with Crippen molar-refractivity contribution in [3.05, 3.63) is 51.7 Å². The summed E-state index contributed by atoms with van der Waals surface area (Å²) < 4.78 is 1.42. The molecule has 0 aliphatic carbocycles. The van der Waals surface area contributed by atoms with Crippen molar-refractivity contribution in [3.63, 3.8) is 0 Å². The Labute approximate surface area is 115 Å². The third kappa shape index (κ3) is 2.87. The second-order valence-electron chi connectivity index (χ2n) is 4.40. The van der Waals surface area contributed by atoms with Crippen molar-refractivity contribution in [2.45, 2.75) is 26.8 Å². The minimum absolute atomic E-state index is 0.158. The maximum absolute atomic E-state index is 12.0. The molecule has 20 heavy (non-hydrogen) atoms. The molecule has 2 rings (SSSR count). The average molecular weight is 274 g/mol. The third-order valence-corrected chi connectivity index (χ3v) is 3.06. The number of carboxylic acids is 1. The van der Waals surface area contributed by atoms with Crippen LogP contribution in [0.3, 0.4) is 0 Å². The summed E-state index contributed by atoms with van der Waals surface area (Å²) in [5.41, 5.74) is 1.87. The van der Waals surface area contributed by atoms with Gasteiger partial charge in [-0.3, -0.25) is 9.36 Å². The van der Waals surface area contributed by atoms with Gasteiger partial charge < -0.3 is 5.11 Å². The Balaban J connectivity index is 2.48. The smallest absolute Gasteiger partial charge is 0.348 e. The molecular formula is C13H14N4O3. The van der Waals surface area contributed by atoms with E-state index in [1.807, 2.05) is 0 Å². The van der Waals surface area contributed by atoms with Crippen molar-refractivity contribution in [1.29, 1.82) is 0 Å². The number of carbonyl (C=O) groups is 1. The number of aliphatic carboxylic acids is 1. The number of aromatic nitrogens is 4. The fraction of sp³-hybridized carbons (Fsp3) is 0.308. The Morgan fingerprint density at radius 1 is 1.40 bits per heavy atom. The highest BCUT2D eigenvalue weighted by molar-refractivity contribution is 5.70. The first kappa shape index (κ1) is 13.9. The topological polar surface area (TPSA) is 98.0 Å². The number of hydrogen-bond donors (Lipinski definition) is 1. The summed E-state index contributed by atoms with van der Waals surface area (Å²) >= 11 is 0. The number of hydrogen-bond acceptors (Lipinski definition) is 5. The predicted molar refractivity (Wildman–Crippen MR) is 70.4 cm³/mol. The van der Waals surface area contributed by atoms with Crippen LogP contribution in [-0.2, 0) is 17.8 Å². The molecule has 1 N–H and O–H groups in total. The minimum atomic E-state index is -0.953. The van der Waals surface area contributed by atoms with Gasteiger partial charge in [0.1, 0.15) is 6.33 Å². The fourth-order valence-corrected chi connectivity index (χ4v) is 2.01. The molecule has 0 aliphatic heterocycles. The van der Waals surface area contributed by atoms with Gasteiger partial charge in [-0.25, -0.2) is 14.8 Å². The summed E-state index contributed by atoms with van der Waals surface area (Å²) in [4.78, 5) is 34.6. The molecule has 7 nitrogen and oxygen atoms in total. The second kappa shape index (κ2) is 5.60. The van der Waals surface area contributed by atoms with Gasteiger partial charge in [-0.05, 0) is 19.9 Å². The zero-order valence-corrected chi connectivity index (χ0v) is 11.2. The molecule has 7 heteroatoms. The average Bonchev–Trinajstić information content (AvgIpc) is 2.40. The molecule has 104 valence electrons. The van der Waals surface area contributed by atoms with Crippen LogP contribution < -0.4 is 5.69 Å². The van der Waals surface area contributed by atoms with E-state index in [-0.39, 0.29) is 13.0 Å². The van der Waals surface area contributed by atoms with Gasteiger partial charge >= 0.3 is 11.7 Å². The van der Waals surface area contributed by atoms with E-state index < -0.39 is 11.7 Å². The van der Waals surface area contributed by atoms with E-state index in [0.717, 1.165) is 0 Å². The van der Waals surface area contributed by atoms with Crippen molar-refractivity contribution in [3.8, 4) is 0 Å². The Morgan fingerprint density at radius 2 is 2.15 bits per heavy atom. The number of nitrogens with zero attached hydrogens (tertiary/aromatic N) is 4. The molecule has 0 amide bonds. The second-order valence-corrected chi connectivity index (χ2v) is 4.40.